The average molecular weight is 694 g/mol. The number of Topliss-reactive ketones (excluding diaryl/α,β-unsaturated/α-hetero) is 1. The molecule has 5 amide bonds. The molecule has 1 heterocycles. The van der Waals surface area contributed by atoms with Crippen LogP contribution in [0, 0.1) is 40.4 Å². The van der Waals surface area contributed by atoms with E-state index in [-0.39, 0.29) is 43.3 Å². The topological polar surface area (TPSA) is 177 Å². The molecular weight excluding hydrogens is 638 g/mol. The molecule has 0 spiro atoms. The summed E-state index contributed by atoms with van der Waals surface area (Å²) in [6.07, 6.45) is 6.65. The first kappa shape index (κ1) is 40.7. The Bertz CT molecular complexity index is 1420. The molecule has 4 N–H and O–H groups in total. The Kier molecular flexibility index (Phi) is 12.7. The maximum Gasteiger partial charge on any atom is 0.315 e. The van der Waals surface area contributed by atoms with Crippen LogP contribution in [-0.4, -0.2) is 116 Å². The summed E-state index contributed by atoms with van der Waals surface area (Å²) in [6.45, 7) is 18.8. The first-order valence-corrected chi connectivity index (χ1v) is 17.4. The molecule has 1 aliphatic carbocycles. The zero-order chi connectivity index (χ0) is 37.2. The number of hydrogen-bond donors (Lipinski definition) is 4. The van der Waals surface area contributed by atoms with E-state index in [2.05, 4.69) is 33.8 Å². The van der Waals surface area contributed by atoms with E-state index < -0.39 is 74.7 Å². The number of carbonyl (C=O) groups excluding carboxylic acids is 5. The van der Waals surface area contributed by atoms with Crippen molar-refractivity contribution in [3.8, 4) is 12.3 Å². The van der Waals surface area contributed by atoms with Gasteiger partial charge in [-0.05, 0) is 28.1 Å². The molecule has 2 rings (SSSR count). The predicted molar refractivity (Wildman–Crippen MR) is 183 cm³/mol. The molecule has 48 heavy (non-hydrogen) atoms. The minimum atomic E-state index is -3.75. The number of rotatable bonds is 14. The molecule has 2 fully saturated rings. The lowest BCUT2D eigenvalue weighted by Crippen LogP contribution is -2.62. The SMILES string of the molecule is C#CCC(NC(=O)[C@@H]1[C@@H]2[C@H](CN1C(=O)[C@@H](NC(=O)N[C@H](CN(C)S(=O)(=O)N(C)C)C(C)(C)C)C(C)(C)C)C2(C)C)C(=O)C(=O)NCC=C. The molecule has 0 radical (unpaired) electrons. The number of piperidine rings is 1. The highest BCUT2D eigenvalue weighted by Crippen LogP contribution is 2.65. The predicted octanol–water partition coefficient (Wildman–Crippen LogP) is 0.716. The van der Waals surface area contributed by atoms with Crippen molar-refractivity contribution in [1.82, 2.24) is 34.8 Å². The number of ketones is 1. The molecule has 0 aromatic carbocycles. The summed E-state index contributed by atoms with van der Waals surface area (Å²) in [5.41, 5.74) is -1.62. The molecule has 0 aromatic heterocycles. The van der Waals surface area contributed by atoms with Gasteiger partial charge in [-0.2, -0.15) is 17.0 Å². The molecular formula is C33H55N7O7S. The minimum Gasteiger partial charge on any atom is -0.346 e. The summed E-state index contributed by atoms with van der Waals surface area (Å²) in [7, 11) is 0.513. The Hall–Kier alpha value is -3.48. The Balaban J connectivity index is 2.34. The van der Waals surface area contributed by atoms with Crippen LogP contribution in [-0.2, 0) is 29.4 Å². The maximum absolute atomic E-state index is 14.3. The van der Waals surface area contributed by atoms with Crippen molar-refractivity contribution < 1.29 is 32.4 Å². The smallest absolute Gasteiger partial charge is 0.315 e. The number of likely N-dealkylation sites (tertiary alicyclic amines) is 1. The van der Waals surface area contributed by atoms with Crippen LogP contribution in [0.4, 0.5) is 4.79 Å². The first-order valence-electron chi connectivity index (χ1n) is 16.0. The van der Waals surface area contributed by atoms with Gasteiger partial charge in [0.2, 0.25) is 17.6 Å². The van der Waals surface area contributed by atoms with Gasteiger partial charge in [-0.3, -0.25) is 19.2 Å². The van der Waals surface area contributed by atoms with E-state index in [1.807, 2.05) is 34.6 Å². The third-order valence-electron chi connectivity index (χ3n) is 9.38. The second-order valence-corrected chi connectivity index (χ2v) is 17.9. The number of terminal acetylenes is 1. The molecule has 1 saturated carbocycles. The van der Waals surface area contributed by atoms with Crippen molar-refractivity contribution in [3.05, 3.63) is 12.7 Å². The molecule has 1 saturated heterocycles. The summed E-state index contributed by atoms with van der Waals surface area (Å²) in [5.74, 6) is -0.799. The molecule has 14 nitrogen and oxygen atoms in total. The fourth-order valence-electron chi connectivity index (χ4n) is 6.12. The second-order valence-electron chi connectivity index (χ2n) is 15.6. The van der Waals surface area contributed by atoms with Gasteiger partial charge in [0.05, 0.1) is 0 Å². The van der Waals surface area contributed by atoms with Gasteiger partial charge in [0.15, 0.2) is 0 Å². The van der Waals surface area contributed by atoms with E-state index in [1.165, 1.54) is 32.1 Å². The van der Waals surface area contributed by atoms with Crippen LogP contribution in [0.3, 0.4) is 0 Å². The Morgan fingerprint density at radius 1 is 1.02 bits per heavy atom. The summed E-state index contributed by atoms with van der Waals surface area (Å²) in [5, 5.41) is 10.7. The molecule has 0 bridgehead atoms. The van der Waals surface area contributed by atoms with Gasteiger partial charge in [-0.15, -0.1) is 18.9 Å². The molecule has 15 heteroatoms. The molecule has 1 aliphatic heterocycles. The van der Waals surface area contributed by atoms with Gasteiger partial charge in [-0.25, -0.2) is 4.79 Å². The van der Waals surface area contributed by atoms with Gasteiger partial charge in [0.25, 0.3) is 16.1 Å². The van der Waals surface area contributed by atoms with Crippen LogP contribution >= 0.6 is 0 Å². The van der Waals surface area contributed by atoms with Gasteiger partial charge in [0.1, 0.15) is 18.1 Å². The number of amides is 5. The van der Waals surface area contributed by atoms with Crippen LogP contribution in [0.1, 0.15) is 61.8 Å². The largest absolute Gasteiger partial charge is 0.346 e. The van der Waals surface area contributed by atoms with E-state index in [1.54, 1.807) is 20.8 Å². The van der Waals surface area contributed by atoms with E-state index in [4.69, 9.17) is 6.42 Å². The van der Waals surface area contributed by atoms with Crippen molar-refractivity contribution in [3.63, 3.8) is 0 Å². The standard InChI is InChI=1S/C33H55N7O7S/c1-14-16-21(25(41)28(43)34-17-15-2)35-27(42)24-23-20(33(23,9)10)18-40(24)29(44)26(32(6,7)8)37-30(45)36-22(31(3,4)5)19-39(13)48(46,47)38(11)12/h1,15,20-24,26H,2,16-19H2,3-13H3,(H,34,43)(H,35,42)(H2,36,37,45)/t20-,21?,22+,23-,24-,26+/m0/s1. The van der Waals surface area contributed by atoms with Crippen LogP contribution in [0.2, 0.25) is 0 Å². The van der Waals surface area contributed by atoms with Crippen LogP contribution < -0.4 is 21.3 Å². The van der Waals surface area contributed by atoms with Crippen LogP contribution in [0.15, 0.2) is 12.7 Å². The van der Waals surface area contributed by atoms with Crippen molar-refractivity contribution in [2.45, 2.75) is 86.0 Å². The van der Waals surface area contributed by atoms with E-state index in [0.717, 1.165) is 8.61 Å². The summed E-state index contributed by atoms with van der Waals surface area (Å²) >= 11 is 0. The number of urea groups is 1. The average Bonchev–Trinajstić information content (AvgIpc) is 3.27. The van der Waals surface area contributed by atoms with Gasteiger partial charge in [-0.1, -0.05) is 61.5 Å². The fraction of sp³-hybridized carbons (Fsp3) is 0.727. The van der Waals surface area contributed by atoms with E-state index in [0.29, 0.717) is 0 Å². The second kappa shape index (κ2) is 15.0. The third-order valence-corrected chi connectivity index (χ3v) is 11.2. The van der Waals surface area contributed by atoms with Crippen LogP contribution in [0.5, 0.6) is 0 Å². The molecule has 1 unspecified atom stereocenters. The first-order chi connectivity index (χ1) is 21.8. The highest BCUT2D eigenvalue weighted by molar-refractivity contribution is 7.86. The number of fused-ring (bicyclic) bond motifs is 1. The molecule has 0 aromatic rings. The van der Waals surface area contributed by atoms with Crippen molar-refractivity contribution in [2.24, 2.45) is 28.1 Å². The Labute approximate surface area is 286 Å². The lowest BCUT2D eigenvalue weighted by Gasteiger charge is -2.39. The molecule has 2 aliphatic rings. The summed E-state index contributed by atoms with van der Waals surface area (Å²) in [6, 6.07) is -4.65. The van der Waals surface area contributed by atoms with Crippen molar-refractivity contribution in [2.75, 3.05) is 40.8 Å². The van der Waals surface area contributed by atoms with Gasteiger partial charge in [0, 0.05) is 53.2 Å². The summed E-state index contributed by atoms with van der Waals surface area (Å²) in [4.78, 5) is 68.4. The Morgan fingerprint density at radius 3 is 2.08 bits per heavy atom. The zero-order valence-corrected chi connectivity index (χ0v) is 31.1. The molecule has 270 valence electrons. The van der Waals surface area contributed by atoms with Crippen molar-refractivity contribution >= 4 is 39.7 Å². The maximum atomic E-state index is 14.3. The number of nitrogens with one attached hydrogen (secondary N) is 4. The van der Waals surface area contributed by atoms with Crippen molar-refractivity contribution in [1.29, 1.82) is 0 Å². The Morgan fingerprint density at radius 2 is 1.60 bits per heavy atom. The number of carbonyl (C=O) groups is 5. The fourth-order valence-corrected chi connectivity index (χ4v) is 7.01. The highest BCUT2D eigenvalue weighted by atomic mass is 32.2. The zero-order valence-electron chi connectivity index (χ0n) is 30.3. The number of likely N-dealkylation sites (N-methyl/N-ethyl adjacent to an activating group) is 1. The highest BCUT2D eigenvalue weighted by Gasteiger charge is 2.70. The molecule has 6 atom stereocenters. The number of nitrogens with zero attached hydrogens (tertiary/aromatic N) is 3. The van der Waals surface area contributed by atoms with Gasteiger partial charge < -0.3 is 26.2 Å². The third kappa shape index (κ3) is 9.15. The van der Waals surface area contributed by atoms with E-state index in [9.17, 15) is 32.4 Å². The quantitative estimate of drug-likeness (QED) is 0.118. The lowest BCUT2D eigenvalue weighted by molar-refractivity contribution is -0.145. The summed E-state index contributed by atoms with van der Waals surface area (Å²) < 4.78 is 27.6. The monoisotopic (exact) mass is 693 g/mol. The van der Waals surface area contributed by atoms with Crippen LogP contribution in [0.25, 0.3) is 0 Å². The number of hydrogen-bond acceptors (Lipinski definition) is 7. The lowest BCUT2D eigenvalue weighted by atomic mass is 9.85. The minimum absolute atomic E-state index is 0.00349. The van der Waals surface area contributed by atoms with E-state index >= 15 is 0 Å². The normalized spacial score (nSPS) is 22.1. The van der Waals surface area contributed by atoms with Gasteiger partial charge >= 0.3 is 6.03 Å².